The lowest BCUT2D eigenvalue weighted by Gasteiger charge is -2.15. The second-order valence-corrected chi connectivity index (χ2v) is 7.29. The summed E-state index contributed by atoms with van der Waals surface area (Å²) in [6.07, 6.45) is 0.656. The number of carbonyl (C=O) groups excluding carboxylic acids is 2. The fourth-order valence-electron chi connectivity index (χ4n) is 3.64. The van der Waals surface area contributed by atoms with Crippen LogP contribution in [-0.4, -0.2) is 41.8 Å². The van der Waals surface area contributed by atoms with E-state index in [0.717, 1.165) is 31.2 Å². The Morgan fingerprint density at radius 2 is 1.68 bits per heavy atom. The largest absolute Gasteiger partial charge is 0.493 e. The number of halogens is 2. The number of alkyl halides is 2. The molecule has 1 amide bonds. The molecule has 1 aromatic heterocycles. The van der Waals surface area contributed by atoms with Crippen molar-refractivity contribution in [3.8, 4) is 11.5 Å². The van der Waals surface area contributed by atoms with E-state index in [1.54, 1.807) is 16.7 Å². The predicted octanol–water partition coefficient (Wildman–Crippen LogP) is 3.64. The highest BCUT2D eigenvalue weighted by Gasteiger charge is 2.21. The number of aryl methyl sites for hydroxylation is 2. The Hall–Kier alpha value is -3.89. The molecule has 0 radical (unpaired) electrons. The fraction of sp³-hybridized carbons (Fsp3) is 0.348. The highest BCUT2D eigenvalue weighted by atomic mass is 19.3. The van der Waals surface area contributed by atoms with Crippen molar-refractivity contribution in [1.29, 1.82) is 0 Å². The quantitative estimate of drug-likeness (QED) is 0.448. The summed E-state index contributed by atoms with van der Waals surface area (Å²) in [6.45, 7) is -0.564. The Kier molecular flexibility index (Phi) is 7.87. The lowest BCUT2D eigenvalue weighted by Crippen LogP contribution is -2.26. The zero-order chi connectivity index (χ0) is 24.8. The summed E-state index contributed by atoms with van der Waals surface area (Å²) < 4.78 is 42.9. The van der Waals surface area contributed by atoms with E-state index in [4.69, 9.17) is 9.47 Å². The number of rotatable bonds is 10. The van der Waals surface area contributed by atoms with Crippen LogP contribution in [0.4, 0.5) is 14.5 Å². The highest BCUT2D eigenvalue weighted by Crippen LogP contribution is 2.35. The molecule has 0 spiro atoms. The van der Waals surface area contributed by atoms with E-state index in [-0.39, 0.29) is 41.4 Å². The smallest absolute Gasteiger partial charge is 0.387 e. The summed E-state index contributed by atoms with van der Waals surface area (Å²) in [7, 11) is 2.36. The first-order valence-electron chi connectivity index (χ1n) is 10.5. The zero-order valence-electron chi connectivity index (χ0n) is 19.0. The second-order valence-electron chi connectivity index (χ2n) is 7.29. The summed E-state index contributed by atoms with van der Waals surface area (Å²) in [4.78, 5) is 37.8. The third-order valence-corrected chi connectivity index (χ3v) is 5.13. The maximum Gasteiger partial charge on any atom is 0.387 e. The maximum atomic E-state index is 12.9. The molecule has 0 aliphatic heterocycles. The number of nitrogens with zero attached hydrogens (tertiary/aromatic N) is 2. The summed E-state index contributed by atoms with van der Waals surface area (Å²) in [5.74, 6) is -1.85. The van der Waals surface area contributed by atoms with Crippen molar-refractivity contribution in [2.45, 2.75) is 39.5 Å². The van der Waals surface area contributed by atoms with Crippen LogP contribution in [-0.2, 0) is 22.6 Å². The molecule has 0 saturated heterocycles. The van der Waals surface area contributed by atoms with Crippen LogP contribution in [0.1, 0.15) is 30.1 Å². The van der Waals surface area contributed by atoms with Crippen LogP contribution in [0.5, 0.6) is 11.5 Å². The van der Waals surface area contributed by atoms with Gasteiger partial charge in [-0.15, -0.1) is 0 Å². The molecule has 9 nitrogen and oxygen atoms in total. The Labute approximate surface area is 193 Å². The van der Waals surface area contributed by atoms with Gasteiger partial charge in [0.25, 0.3) is 0 Å². The molecule has 0 bridgehead atoms. The van der Waals surface area contributed by atoms with Gasteiger partial charge in [-0.2, -0.15) is 8.78 Å². The monoisotopic (exact) mass is 477 g/mol. The van der Waals surface area contributed by atoms with Gasteiger partial charge in [0.05, 0.1) is 36.5 Å². The number of aromatic nitrogens is 2. The first-order chi connectivity index (χ1) is 16.3. The van der Waals surface area contributed by atoms with Gasteiger partial charge in [0.15, 0.2) is 11.5 Å². The number of ether oxygens (including phenoxy) is 3. The number of nitrogens with one attached hydrogen (secondary N) is 1. The molecule has 0 atom stereocenters. The van der Waals surface area contributed by atoms with E-state index in [2.05, 4.69) is 10.1 Å². The third kappa shape index (κ3) is 5.19. The average molecular weight is 477 g/mol. The standard InChI is InChI=1S/C23H25F2N3O6/c1-4-10-27-16-7-5-6-8-17(16)28(23(27)31)11-9-20(29)26-15-13-19(34-22(24)25)18(32-2)12-14(15)21(30)33-3/h5-8,12-13,22H,4,9-11H2,1-3H3,(H,26,29). The molecule has 182 valence electrons. The Balaban J connectivity index is 1.87. The van der Waals surface area contributed by atoms with Crippen LogP contribution < -0.4 is 20.5 Å². The second kappa shape index (κ2) is 10.8. The van der Waals surface area contributed by atoms with Crippen molar-refractivity contribution < 1.29 is 32.6 Å². The van der Waals surface area contributed by atoms with Gasteiger partial charge in [-0.25, -0.2) is 9.59 Å². The number of hydrogen-bond acceptors (Lipinski definition) is 6. The molecule has 1 heterocycles. The van der Waals surface area contributed by atoms with E-state index in [9.17, 15) is 23.2 Å². The zero-order valence-corrected chi connectivity index (χ0v) is 19.0. The Bertz CT molecular complexity index is 1250. The van der Waals surface area contributed by atoms with Crippen LogP contribution in [0.25, 0.3) is 11.0 Å². The molecular formula is C23H25F2N3O6. The number of carbonyl (C=O) groups is 2. The maximum absolute atomic E-state index is 12.9. The van der Waals surface area contributed by atoms with Crippen molar-refractivity contribution >= 4 is 28.6 Å². The minimum Gasteiger partial charge on any atom is -0.493 e. The van der Waals surface area contributed by atoms with Gasteiger partial charge in [0, 0.05) is 31.6 Å². The Morgan fingerprint density at radius 3 is 2.24 bits per heavy atom. The first kappa shape index (κ1) is 24.7. The van der Waals surface area contributed by atoms with Crippen LogP contribution in [0.2, 0.25) is 0 Å². The number of anilines is 1. The number of benzene rings is 2. The molecule has 0 saturated carbocycles. The molecule has 0 aliphatic rings. The third-order valence-electron chi connectivity index (χ3n) is 5.13. The molecule has 0 fully saturated rings. The minimum atomic E-state index is -3.14. The molecule has 1 N–H and O–H groups in total. The van der Waals surface area contributed by atoms with E-state index in [1.165, 1.54) is 11.7 Å². The summed E-state index contributed by atoms with van der Waals surface area (Å²) in [6, 6.07) is 9.48. The Morgan fingerprint density at radius 1 is 1.03 bits per heavy atom. The minimum absolute atomic E-state index is 0.0754. The molecule has 3 aromatic rings. The van der Waals surface area contributed by atoms with Crippen LogP contribution in [0, 0.1) is 0 Å². The lowest BCUT2D eigenvalue weighted by molar-refractivity contribution is -0.116. The molecule has 2 aromatic carbocycles. The van der Waals surface area contributed by atoms with Gasteiger partial charge >= 0.3 is 18.3 Å². The van der Waals surface area contributed by atoms with Gasteiger partial charge in [-0.05, 0) is 18.6 Å². The van der Waals surface area contributed by atoms with Crippen molar-refractivity contribution in [3.63, 3.8) is 0 Å². The summed E-state index contributed by atoms with van der Waals surface area (Å²) in [5.41, 5.74) is 1.04. The number of esters is 1. The van der Waals surface area contributed by atoms with Crippen molar-refractivity contribution in [2.24, 2.45) is 0 Å². The predicted molar refractivity (Wildman–Crippen MR) is 121 cm³/mol. The molecule has 11 heteroatoms. The number of amides is 1. The number of hydrogen-bond donors (Lipinski definition) is 1. The SMILES string of the molecule is CCCn1c(=O)n(CCC(=O)Nc2cc(OC(F)F)c(OC)cc2C(=O)OC)c2ccccc21. The fourth-order valence-corrected chi connectivity index (χ4v) is 3.64. The number of imidazole rings is 1. The van der Waals surface area contributed by atoms with E-state index in [1.807, 2.05) is 19.1 Å². The topological polar surface area (TPSA) is 101 Å². The summed E-state index contributed by atoms with van der Waals surface area (Å²) >= 11 is 0. The van der Waals surface area contributed by atoms with Gasteiger partial charge in [-0.3, -0.25) is 13.9 Å². The highest BCUT2D eigenvalue weighted by molar-refractivity contribution is 6.02. The van der Waals surface area contributed by atoms with E-state index < -0.39 is 18.5 Å². The number of methoxy groups -OCH3 is 2. The van der Waals surface area contributed by atoms with Gasteiger partial charge in [0.2, 0.25) is 5.91 Å². The van der Waals surface area contributed by atoms with Crippen LogP contribution >= 0.6 is 0 Å². The average Bonchev–Trinajstić information content (AvgIpc) is 3.08. The van der Waals surface area contributed by atoms with Crippen molar-refractivity contribution in [2.75, 3.05) is 19.5 Å². The van der Waals surface area contributed by atoms with E-state index in [0.29, 0.717) is 12.1 Å². The lowest BCUT2D eigenvalue weighted by atomic mass is 10.1. The van der Waals surface area contributed by atoms with Gasteiger partial charge in [-0.1, -0.05) is 19.1 Å². The molecular weight excluding hydrogens is 452 g/mol. The number of para-hydroxylation sites is 2. The first-order valence-corrected chi connectivity index (χ1v) is 10.5. The van der Waals surface area contributed by atoms with Crippen LogP contribution in [0.3, 0.4) is 0 Å². The molecule has 0 unspecified atom stereocenters. The van der Waals surface area contributed by atoms with Crippen molar-refractivity contribution in [1.82, 2.24) is 9.13 Å². The van der Waals surface area contributed by atoms with E-state index >= 15 is 0 Å². The molecule has 34 heavy (non-hydrogen) atoms. The van der Waals surface area contributed by atoms with Crippen molar-refractivity contribution in [3.05, 3.63) is 52.4 Å². The molecule has 3 rings (SSSR count). The normalized spacial score (nSPS) is 11.0. The summed E-state index contributed by atoms with van der Waals surface area (Å²) in [5, 5.41) is 2.52. The molecule has 0 aliphatic carbocycles. The van der Waals surface area contributed by atoms with Gasteiger partial charge in [0.1, 0.15) is 0 Å². The van der Waals surface area contributed by atoms with Gasteiger partial charge < -0.3 is 19.5 Å². The number of fused-ring (bicyclic) bond motifs is 1. The van der Waals surface area contributed by atoms with Crippen LogP contribution in [0.15, 0.2) is 41.2 Å².